The molecule has 6 heteroatoms. The number of halogens is 2. The number of aromatic nitrogens is 3. The standard InChI is InChI=1S/C8H5BrClN3O/c1-13-3-12-6-4(9)2-11-7(10)5(6)8(13)14/h2-3H,1H3. The lowest BCUT2D eigenvalue weighted by atomic mass is 10.3. The lowest BCUT2D eigenvalue weighted by molar-refractivity contribution is 0.841. The minimum absolute atomic E-state index is 0.178. The molecule has 0 aliphatic rings. The summed E-state index contributed by atoms with van der Waals surface area (Å²) in [5, 5.41) is 0.517. The molecule has 0 aliphatic carbocycles. The van der Waals surface area contributed by atoms with Crippen LogP contribution in [-0.2, 0) is 7.05 Å². The number of pyridine rings is 1. The van der Waals surface area contributed by atoms with Crippen molar-refractivity contribution in [1.29, 1.82) is 0 Å². The third-order valence-electron chi connectivity index (χ3n) is 1.85. The first kappa shape index (κ1) is 9.61. The second-order valence-electron chi connectivity index (χ2n) is 2.78. The number of hydrogen-bond acceptors (Lipinski definition) is 3. The first-order valence-electron chi connectivity index (χ1n) is 3.76. The van der Waals surface area contributed by atoms with Gasteiger partial charge in [0.2, 0.25) is 0 Å². The summed E-state index contributed by atoms with van der Waals surface area (Å²) in [5.74, 6) is 0. The number of fused-ring (bicyclic) bond motifs is 1. The Morgan fingerprint density at radius 2 is 2.21 bits per heavy atom. The highest BCUT2D eigenvalue weighted by Crippen LogP contribution is 2.22. The van der Waals surface area contributed by atoms with E-state index in [2.05, 4.69) is 25.9 Å². The van der Waals surface area contributed by atoms with Crippen molar-refractivity contribution in [3.8, 4) is 0 Å². The van der Waals surface area contributed by atoms with Gasteiger partial charge in [-0.1, -0.05) is 11.6 Å². The summed E-state index contributed by atoms with van der Waals surface area (Å²) in [5.41, 5.74) is 0.335. The van der Waals surface area contributed by atoms with Crippen molar-refractivity contribution >= 4 is 38.4 Å². The van der Waals surface area contributed by atoms with Gasteiger partial charge in [0.1, 0.15) is 10.5 Å². The molecule has 0 N–H and O–H groups in total. The zero-order chi connectivity index (χ0) is 10.3. The maximum atomic E-state index is 11.7. The van der Waals surface area contributed by atoms with E-state index in [9.17, 15) is 4.79 Å². The van der Waals surface area contributed by atoms with Gasteiger partial charge in [-0.15, -0.1) is 0 Å². The maximum Gasteiger partial charge on any atom is 0.264 e. The Morgan fingerprint density at radius 1 is 1.50 bits per heavy atom. The van der Waals surface area contributed by atoms with Crippen LogP contribution in [0, 0.1) is 0 Å². The Morgan fingerprint density at radius 3 is 2.93 bits per heavy atom. The summed E-state index contributed by atoms with van der Waals surface area (Å²) >= 11 is 9.08. The molecule has 0 saturated heterocycles. The fourth-order valence-corrected chi connectivity index (χ4v) is 1.77. The molecule has 0 atom stereocenters. The van der Waals surface area contributed by atoms with Crippen molar-refractivity contribution in [2.45, 2.75) is 0 Å². The number of hydrogen-bond donors (Lipinski definition) is 0. The van der Waals surface area contributed by atoms with Gasteiger partial charge in [-0.3, -0.25) is 4.79 Å². The number of rotatable bonds is 0. The molecule has 4 nitrogen and oxygen atoms in total. The lowest BCUT2D eigenvalue weighted by Crippen LogP contribution is -2.17. The third kappa shape index (κ3) is 1.33. The van der Waals surface area contributed by atoms with Crippen LogP contribution in [0.4, 0.5) is 0 Å². The predicted octanol–water partition coefficient (Wildman–Crippen LogP) is 1.74. The summed E-state index contributed by atoms with van der Waals surface area (Å²) < 4.78 is 2.03. The van der Waals surface area contributed by atoms with E-state index >= 15 is 0 Å². The molecule has 0 saturated carbocycles. The summed E-state index contributed by atoms with van der Waals surface area (Å²) in [6.07, 6.45) is 2.98. The largest absolute Gasteiger partial charge is 0.302 e. The minimum Gasteiger partial charge on any atom is -0.302 e. The molecule has 0 unspecified atom stereocenters. The van der Waals surface area contributed by atoms with Crippen LogP contribution < -0.4 is 5.56 Å². The van der Waals surface area contributed by atoms with E-state index in [1.807, 2.05) is 0 Å². The average Bonchev–Trinajstić information content (AvgIpc) is 2.16. The lowest BCUT2D eigenvalue weighted by Gasteiger charge is -2.02. The van der Waals surface area contributed by atoms with Crippen molar-refractivity contribution in [3.05, 3.63) is 32.5 Å². The first-order valence-corrected chi connectivity index (χ1v) is 4.93. The maximum absolute atomic E-state index is 11.7. The third-order valence-corrected chi connectivity index (χ3v) is 2.72. The molecule has 2 heterocycles. The van der Waals surface area contributed by atoms with Crippen LogP contribution >= 0.6 is 27.5 Å². The van der Waals surface area contributed by atoms with E-state index < -0.39 is 0 Å². The van der Waals surface area contributed by atoms with Crippen LogP contribution in [0.2, 0.25) is 5.15 Å². The van der Waals surface area contributed by atoms with Gasteiger partial charge in [0, 0.05) is 13.2 Å². The van der Waals surface area contributed by atoms with Crippen LogP contribution in [0.3, 0.4) is 0 Å². The van der Waals surface area contributed by atoms with Gasteiger partial charge < -0.3 is 4.57 Å². The van der Waals surface area contributed by atoms with Crippen molar-refractivity contribution in [2.75, 3.05) is 0 Å². The van der Waals surface area contributed by atoms with E-state index in [1.165, 1.54) is 17.1 Å². The molecule has 0 spiro atoms. The predicted molar refractivity (Wildman–Crippen MR) is 57.5 cm³/mol. The van der Waals surface area contributed by atoms with Crippen LogP contribution in [0.5, 0.6) is 0 Å². The Labute approximate surface area is 92.7 Å². The normalized spacial score (nSPS) is 10.8. The van der Waals surface area contributed by atoms with Gasteiger partial charge in [-0.05, 0) is 15.9 Å². The Kier molecular flexibility index (Phi) is 2.28. The first-order chi connectivity index (χ1) is 6.61. The molecule has 0 radical (unpaired) electrons. The molecule has 72 valence electrons. The molecule has 0 aliphatic heterocycles. The second kappa shape index (κ2) is 3.33. The van der Waals surface area contributed by atoms with E-state index in [0.29, 0.717) is 15.4 Å². The van der Waals surface area contributed by atoms with Crippen LogP contribution in [-0.4, -0.2) is 14.5 Å². The highest BCUT2D eigenvalue weighted by molar-refractivity contribution is 9.10. The quantitative estimate of drug-likeness (QED) is 0.688. The molecule has 2 rings (SSSR count). The molecule has 14 heavy (non-hydrogen) atoms. The molecular weight excluding hydrogens is 269 g/mol. The average molecular weight is 275 g/mol. The second-order valence-corrected chi connectivity index (χ2v) is 3.99. The summed E-state index contributed by atoms with van der Waals surface area (Å²) in [6.45, 7) is 0. The van der Waals surface area contributed by atoms with Crippen molar-refractivity contribution in [1.82, 2.24) is 14.5 Å². The SMILES string of the molecule is Cn1cnc2c(Br)cnc(Cl)c2c1=O. The van der Waals surface area contributed by atoms with Crippen molar-refractivity contribution < 1.29 is 0 Å². The minimum atomic E-state index is -0.200. The zero-order valence-corrected chi connectivity index (χ0v) is 9.50. The summed E-state index contributed by atoms with van der Waals surface area (Å²) in [4.78, 5) is 19.6. The van der Waals surface area contributed by atoms with E-state index in [-0.39, 0.29) is 10.7 Å². The Bertz CT molecular complexity index is 566. The van der Waals surface area contributed by atoms with Gasteiger partial charge in [0.25, 0.3) is 5.56 Å². The molecule has 0 aromatic carbocycles. The summed E-state index contributed by atoms with van der Waals surface area (Å²) in [7, 11) is 1.62. The van der Waals surface area contributed by atoms with Crippen LogP contribution in [0.1, 0.15) is 0 Å². The Hall–Kier alpha value is -0.940. The van der Waals surface area contributed by atoms with Crippen molar-refractivity contribution in [2.24, 2.45) is 7.05 Å². The molecular formula is C8H5BrClN3O. The molecule has 2 aromatic rings. The molecule has 0 fully saturated rings. The fourth-order valence-electron chi connectivity index (χ4n) is 1.15. The number of nitrogens with zero attached hydrogens (tertiary/aromatic N) is 3. The topological polar surface area (TPSA) is 47.8 Å². The zero-order valence-electron chi connectivity index (χ0n) is 7.16. The van der Waals surface area contributed by atoms with Gasteiger partial charge in [0.05, 0.1) is 16.3 Å². The summed E-state index contributed by atoms with van der Waals surface area (Å²) in [6, 6.07) is 0. The van der Waals surface area contributed by atoms with E-state index in [0.717, 1.165) is 0 Å². The van der Waals surface area contributed by atoms with Gasteiger partial charge in [-0.2, -0.15) is 0 Å². The van der Waals surface area contributed by atoms with Crippen LogP contribution in [0.15, 0.2) is 21.8 Å². The monoisotopic (exact) mass is 273 g/mol. The highest BCUT2D eigenvalue weighted by Gasteiger charge is 2.09. The molecule has 0 amide bonds. The van der Waals surface area contributed by atoms with Gasteiger partial charge >= 0.3 is 0 Å². The van der Waals surface area contributed by atoms with Crippen molar-refractivity contribution in [3.63, 3.8) is 0 Å². The number of aryl methyl sites for hydroxylation is 1. The Balaban J connectivity index is 3.09. The molecule has 0 bridgehead atoms. The fraction of sp³-hybridized carbons (Fsp3) is 0.125. The van der Waals surface area contributed by atoms with Gasteiger partial charge in [0.15, 0.2) is 0 Å². The highest BCUT2D eigenvalue weighted by atomic mass is 79.9. The smallest absolute Gasteiger partial charge is 0.264 e. The van der Waals surface area contributed by atoms with E-state index in [1.54, 1.807) is 7.05 Å². The molecule has 2 aromatic heterocycles. The van der Waals surface area contributed by atoms with Crippen LogP contribution in [0.25, 0.3) is 10.9 Å². The van der Waals surface area contributed by atoms with E-state index in [4.69, 9.17) is 11.6 Å². The van der Waals surface area contributed by atoms with Gasteiger partial charge in [-0.25, -0.2) is 9.97 Å².